The Morgan fingerprint density at radius 2 is 2.27 bits per heavy atom. The standard InChI is InChI=1S/C10H13N3OS/c11-7(5-14)6-15-10-12-8-3-1-2-4-9(8)13-10/h1-4,7,14H,5-6,11H2,(H,12,13). The molecule has 4 N–H and O–H groups in total. The summed E-state index contributed by atoms with van der Waals surface area (Å²) in [6, 6.07) is 7.68. The molecule has 2 rings (SSSR count). The summed E-state index contributed by atoms with van der Waals surface area (Å²) in [6.07, 6.45) is 0. The Labute approximate surface area is 91.9 Å². The Kier molecular flexibility index (Phi) is 3.25. The predicted molar refractivity (Wildman–Crippen MR) is 61.9 cm³/mol. The summed E-state index contributed by atoms with van der Waals surface area (Å²) in [5.74, 6) is 0.663. The van der Waals surface area contributed by atoms with Crippen LogP contribution in [0.3, 0.4) is 0 Å². The van der Waals surface area contributed by atoms with Gasteiger partial charge in [0.1, 0.15) is 0 Å². The lowest BCUT2D eigenvalue weighted by Crippen LogP contribution is -2.26. The molecule has 0 amide bonds. The maximum atomic E-state index is 8.78. The van der Waals surface area contributed by atoms with Gasteiger partial charge in [0.25, 0.3) is 0 Å². The predicted octanol–water partition coefficient (Wildman–Crippen LogP) is 0.975. The Morgan fingerprint density at radius 1 is 1.47 bits per heavy atom. The van der Waals surface area contributed by atoms with Crippen molar-refractivity contribution in [1.82, 2.24) is 9.97 Å². The van der Waals surface area contributed by atoms with Gasteiger partial charge in [0.05, 0.1) is 17.6 Å². The molecule has 0 spiro atoms. The van der Waals surface area contributed by atoms with E-state index in [0.29, 0.717) is 5.75 Å². The zero-order valence-corrected chi connectivity index (χ0v) is 9.00. The van der Waals surface area contributed by atoms with Gasteiger partial charge in [-0.3, -0.25) is 0 Å². The molecule has 1 aromatic carbocycles. The van der Waals surface area contributed by atoms with Crippen molar-refractivity contribution in [2.24, 2.45) is 5.73 Å². The van der Waals surface area contributed by atoms with Crippen LogP contribution in [0, 0.1) is 0 Å². The van der Waals surface area contributed by atoms with Gasteiger partial charge in [-0.2, -0.15) is 0 Å². The zero-order valence-electron chi connectivity index (χ0n) is 8.18. The van der Waals surface area contributed by atoms with Gasteiger partial charge in [-0.15, -0.1) is 0 Å². The number of hydrogen-bond donors (Lipinski definition) is 3. The summed E-state index contributed by atoms with van der Waals surface area (Å²) in [5, 5.41) is 9.63. The van der Waals surface area contributed by atoms with E-state index in [4.69, 9.17) is 10.8 Å². The fraction of sp³-hybridized carbons (Fsp3) is 0.300. The van der Waals surface area contributed by atoms with E-state index in [2.05, 4.69) is 9.97 Å². The van der Waals surface area contributed by atoms with Crippen molar-refractivity contribution in [2.45, 2.75) is 11.2 Å². The average Bonchev–Trinajstić information content (AvgIpc) is 2.68. The fourth-order valence-corrected chi connectivity index (χ4v) is 2.06. The van der Waals surface area contributed by atoms with Gasteiger partial charge in [0, 0.05) is 11.8 Å². The van der Waals surface area contributed by atoms with Gasteiger partial charge in [0.2, 0.25) is 0 Å². The molecule has 0 fully saturated rings. The topological polar surface area (TPSA) is 74.9 Å². The first-order valence-corrected chi connectivity index (χ1v) is 5.72. The molecule has 1 aromatic heterocycles. The van der Waals surface area contributed by atoms with Crippen LogP contribution in [0.4, 0.5) is 0 Å². The van der Waals surface area contributed by atoms with E-state index in [9.17, 15) is 0 Å². The van der Waals surface area contributed by atoms with Crippen LogP contribution in [0.2, 0.25) is 0 Å². The van der Waals surface area contributed by atoms with Gasteiger partial charge in [-0.25, -0.2) is 4.98 Å². The van der Waals surface area contributed by atoms with Gasteiger partial charge < -0.3 is 15.8 Å². The molecule has 1 atom stereocenters. The number of nitrogens with zero attached hydrogens (tertiary/aromatic N) is 1. The summed E-state index contributed by atoms with van der Waals surface area (Å²) >= 11 is 1.53. The highest BCUT2D eigenvalue weighted by atomic mass is 32.2. The minimum Gasteiger partial charge on any atom is -0.395 e. The van der Waals surface area contributed by atoms with Crippen LogP contribution >= 0.6 is 11.8 Å². The van der Waals surface area contributed by atoms with Crippen LogP contribution < -0.4 is 5.73 Å². The lowest BCUT2D eigenvalue weighted by molar-refractivity contribution is 0.275. The molecule has 2 aromatic rings. The van der Waals surface area contributed by atoms with Crippen molar-refractivity contribution in [3.05, 3.63) is 24.3 Å². The normalized spacial score (nSPS) is 13.2. The Morgan fingerprint density at radius 3 is 3.00 bits per heavy atom. The minimum atomic E-state index is -0.191. The monoisotopic (exact) mass is 223 g/mol. The molecule has 1 heterocycles. The number of nitrogens with two attached hydrogens (primary N) is 1. The summed E-state index contributed by atoms with van der Waals surface area (Å²) < 4.78 is 0. The smallest absolute Gasteiger partial charge is 0.166 e. The first kappa shape index (κ1) is 10.5. The Hall–Kier alpha value is -1.04. The maximum Gasteiger partial charge on any atom is 0.166 e. The van der Waals surface area contributed by atoms with Crippen molar-refractivity contribution in [1.29, 1.82) is 0 Å². The molecule has 4 nitrogen and oxygen atoms in total. The van der Waals surface area contributed by atoms with E-state index >= 15 is 0 Å². The molecule has 15 heavy (non-hydrogen) atoms. The van der Waals surface area contributed by atoms with Gasteiger partial charge >= 0.3 is 0 Å². The van der Waals surface area contributed by atoms with Crippen molar-refractivity contribution in [3.63, 3.8) is 0 Å². The van der Waals surface area contributed by atoms with E-state index in [1.165, 1.54) is 11.8 Å². The van der Waals surface area contributed by atoms with E-state index in [0.717, 1.165) is 16.2 Å². The Bertz CT molecular complexity index is 410. The number of aliphatic hydroxyl groups excluding tert-OH is 1. The van der Waals surface area contributed by atoms with Crippen LogP contribution in [0.25, 0.3) is 11.0 Å². The summed E-state index contributed by atoms with van der Waals surface area (Å²) in [5.41, 5.74) is 7.58. The van der Waals surface area contributed by atoms with Crippen LogP contribution in [0.15, 0.2) is 29.4 Å². The number of benzene rings is 1. The number of aromatic nitrogens is 2. The highest BCUT2D eigenvalue weighted by molar-refractivity contribution is 7.99. The molecule has 80 valence electrons. The fourth-order valence-electron chi connectivity index (χ4n) is 1.24. The Balaban J connectivity index is 2.09. The molecule has 1 unspecified atom stereocenters. The number of para-hydroxylation sites is 2. The molecule has 0 aliphatic carbocycles. The number of aromatic amines is 1. The number of nitrogens with one attached hydrogen (secondary N) is 1. The highest BCUT2D eigenvalue weighted by Gasteiger charge is 2.05. The molecule has 0 radical (unpaired) electrons. The van der Waals surface area contributed by atoms with Crippen LogP contribution in [-0.4, -0.2) is 33.5 Å². The highest BCUT2D eigenvalue weighted by Crippen LogP contribution is 2.19. The average molecular weight is 223 g/mol. The minimum absolute atomic E-state index is 0.00717. The van der Waals surface area contributed by atoms with Crippen LogP contribution in [-0.2, 0) is 0 Å². The summed E-state index contributed by atoms with van der Waals surface area (Å²) in [4.78, 5) is 7.58. The maximum absolute atomic E-state index is 8.78. The van der Waals surface area contributed by atoms with Crippen molar-refractivity contribution in [3.8, 4) is 0 Å². The molecule has 0 aliphatic heterocycles. The SMILES string of the molecule is NC(CO)CSc1nc2ccccc2[nH]1. The number of rotatable bonds is 4. The molecular formula is C10H13N3OS. The van der Waals surface area contributed by atoms with Gasteiger partial charge in [0.15, 0.2) is 5.16 Å². The number of H-pyrrole nitrogens is 1. The number of aliphatic hydroxyl groups is 1. The molecule has 0 saturated carbocycles. The number of imidazole rings is 1. The summed E-state index contributed by atoms with van der Waals surface area (Å²) in [6.45, 7) is 0.00717. The van der Waals surface area contributed by atoms with Crippen LogP contribution in [0.1, 0.15) is 0 Å². The molecule has 0 bridgehead atoms. The molecular weight excluding hydrogens is 210 g/mol. The van der Waals surface area contributed by atoms with Gasteiger partial charge in [-0.1, -0.05) is 23.9 Å². The van der Waals surface area contributed by atoms with E-state index in [-0.39, 0.29) is 12.6 Å². The zero-order chi connectivity index (χ0) is 10.7. The second kappa shape index (κ2) is 4.65. The third-order valence-corrected chi connectivity index (χ3v) is 3.10. The van der Waals surface area contributed by atoms with E-state index in [1.54, 1.807) is 0 Å². The first-order valence-electron chi connectivity index (χ1n) is 4.73. The van der Waals surface area contributed by atoms with Crippen LogP contribution in [0.5, 0.6) is 0 Å². The van der Waals surface area contributed by atoms with Crippen molar-refractivity contribution in [2.75, 3.05) is 12.4 Å². The molecule has 0 saturated heterocycles. The molecule has 0 aliphatic rings. The lowest BCUT2D eigenvalue weighted by atomic mass is 10.3. The number of fused-ring (bicyclic) bond motifs is 1. The summed E-state index contributed by atoms with van der Waals surface area (Å²) in [7, 11) is 0. The number of hydrogen-bond acceptors (Lipinski definition) is 4. The quantitative estimate of drug-likeness (QED) is 0.675. The van der Waals surface area contributed by atoms with E-state index in [1.807, 2.05) is 24.3 Å². The largest absolute Gasteiger partial charge is 0.395 e. The van der Waals surface area contributed by atoms with E-state index < -0.39 is 0 Å². The lowest BCUT2D eigenvalue weighted by Gasteiger charge is -2.04. The van der Waals surface area contributed by atoms with Gasteiger partial charge in [-0.05, 0) is 12.1 Å². The number of thioether (sulfide) groups is 1. The first-order chi connectivity index (χ1) is 7.29. The third-order valence-electron chi connectivity index (χ3n) is 2.04. The third kappa shape index (κ3) is 2.50. The van der Waals surface area contributed by atoms with Crippen molar-refractivity contribution >= 4 is 22.8 Å². The molecule has 5 heteroatoms. The van der Waals surface area contributed by atoms with Crippen molar-refractivity contribution < 1.29 is 5.11 Å². The second-order valence-electron chi connectivity index (χ2n) is 3.31. The second-order valence-corrected chi connectivity index (χ2v) is 4.32.